The molecule has 2 aromatic carbocycles. The number of rotatable bonds is 8. The lowest BCUT2D eigenvalue weighted by Gasteiger charge is -2.19. The topological polar surface area (TPSA) is 75.7 Å². The number of benzene rings is 2. The number of aryl methyl sites for hydroxylation is 1. The minimum atomic E-state index is -4.55. The maximum absolute atomic E-state index is 12.8. The first-order chi connectivity index (χ1) is 14.4. The summed E-state index contributed by atoms with van der Waals surface area (Å²) in [5, 5.41) is 2.41. The van der Waals surface area contributed by atoms with E-state index in [1.54, 1.807) is 26.8 Å². The van der Waals surface area contributed by atoms with Crippen LogP contribution in [0.1, 0.15) is 29.8 Å². The summed E-state index contributed by atoms with van der Waals surface area (Å²) in [5.74, 6) is -0.885. The quantitative estimate of drug-likeness (QED) is 0.587. The highest BCUT2D eigenvalue weighted by Gasteiger charge is 2.29. The van der Waals surface area contributed by atoms with Crippen molar-refractivity contribution in [1.82, 2.24) is 4.31 Å². The number of amides is 1. The van der Waals surface area contributed by atoms with Crippen LogP contribution in [-0.4, -0.2) is 44.5 Å². The van der Waals surface area contributed by atoms with Gasteiger partial charge in [-0.05, 0) is 42.8 Å². The lowest BCUT2D eigenvalue weighted by molar-refractivity contribution is -0.153. The van der Waals surface area contributed by atoms with Crippen molar-refractivity contribution in [3.8, 4) is 5.75 Å². The summed E-state index contributed by atoms with van der Waals surface area (Å²) in [6.07, 6.45) is -4.55. The summed E-state index contributed by atoms with van der Waals surface area (Å²) in [6.45, 7) is 3.92. The molecule has 31 heavy (non-hydrogen) atoms. The molecule has 0 aliphatic carbocycles. The highest BCUT2D eigenvalue weighted by Crippen LogP contribution is 2.30. The summed E-state index contributed by atoms with van der Waals surface area (Å²) in [4.78, 5) is 12.5. The summed E-state index contributed by atoms with van der Waals surface area (Å²) >= 11 is 6.07. The van der Waals surface area contributed by atoms with Gasteiger partial charge in [0.15, 0.2) is 6.61 Å². The van der Waals surface area contributed by atoms with E-state index in [1.165, 1.54) is 28.6 Å². The minimum Gasteiger partial charge on any atom is -0.482 e. The van der Waals surface area contributed by atoms with E-state index in [0.29, 0.717) is 5.56 Å². The van der Waals surface area contributed by atoms with Gasteiger partial charge in [-0.15, -0.1) is 0 Å². The van der Waals surface area contributed by atoms with E-state index >= 15 is 0 Å². The highest BCUT2D eigenvalue weighted by atomic mass is 35.5. The molecular formula is C20H22ClF3N2O4S. The van der Waals surface area contributed by atoms with Crippen molar-refractivity contribution in [2.24, 2.45) is 0 Å². The third kappa shape index (κ3) is 6.34. The Labute approximate surface area is 184 Å². The van der Waals surface area contributed by atoms with Crippen LogP contribution in [0.3, 0.4) is 0 Å². The molecule has 0 saturated heterocycles. The molecule has 0 saturated carbocycles. The van der Waals surface area contributed by atoms with Gasteiger partial charge in [0.25, 0.3) is 5.91 Å². The van der Waals surface area contributed by atoms with E-state index in [2.05, 4.69) is 5.32 Å². The first kappa shape index (κ1) is 25.0. The van der Waals surface area contributed by atoms with Gasteiger partial charge in [-0.3, -0.25) is 4.79 Å². The van der Waals surface area contributed by atoms with E-state index in [9.17, 15) is 26.4 Å². The van der Waals surface area contributed by atoms with Crippen LogP contribution in [0.4, 0.5) is 18.9 Å². The first-order valence-corrected chi connectivity index (χ1v) is 11.1. The van der Waals surface area contributed by atoms with Gasteiger partial charge in [-0.2, -0.15) is 17.5 Å². The first-order valence-electron chi connectivity index (χ1n) is 9.30. The second kappa shape index (κ2) is 9.88. The van der Waals surface area contributed by atoms with Gasteiger partial charge in [-0.1, -0.05) is 31.5 Å². The summed E-state index contributed by atoms with van der Waals surface area (Å²) in [7, 11) is -3.93. The fraction of sp³-hybridized carbons (Fsp3) is 0.350. The Morgan fingerprint density at radius 2 is 1.77 bits per heavy atom. The number of nitrogens with one attached hydrogen (secondary N) is 1. The zero-order valence-electron chi connectivity index (χ0n) is 17.1. The Morgan fingerprint density at radius 3 is 2.35 bits per heavy atom. The van der Waals surface area contributed by atoms with Crippen LogP contribution >= 0.6 is 11.6 Å². The van der Waals surface area contributed by atoms with Crippen molar-refractivity contribution in [2.45, 2.75) is 31.8 Å². The van der Waals surface area contributed by atoms with Gasteiger partial charge in [0.2, 0.25) is 10.0 Å². The van der Waals surface area contributed by atoms with Crippen LogP contribution in [0, 0.1) is 6.92 Å². The molecule has 6 nitrogen and oxygen atoms in total. The Morgan fingerprint density at radius 1 is 1.13 bits per heavy atom. The van der Waals surface area contributed by atoms with Gasteiger partial charge in [0.05, 0.1) is 10.7 Å². The van der Waals surface area contributed by atoms with Gasteiger partial charge < -0.3 is 10.1 Å². The summed E-state index contributed by atoms with van der Waals surface area (Å²) < 4.78 is 69.2. The fourth-order valence-corrected chi connectivity index (χ4v) is 4.71. The molecule has 0 unspecified atom stereocenters. The second-order valence-electron chi connectivity index (χ2n) is 6.59. The average molecular weight is 479 g/mol. The number of halogens is 4. The van der Waals surface area contributed by atoms with E-state index in [4.69, 9.17) is 16.3 Å². The third-order valence-corrected chi connectivity index (χ3v) is 6.82. The van der Waals surface area contributed by atoms with Crippen LogP contribution in [-0.2, 0) is 10.0 Å². The standard InChI is InChI=1S/C20H22ClF3N2O4S/c1-4-26(5-2)31(28,29)18-11-14(7-8-15(18)21)19(27)25-16-9-6-13(3)10-17(16)30-12-20(22,23)24/h6-11H,4-5,12H2,1-3H3,(H,25,27). The molecule has 0 fully saturated rings. The molecule has 0 spiro atoms. The third-order valence-electron chi connectivity index (χ3n) is 4.29. The number of hydrogen-bond acceptors (Lipinski definition) is 4. The summed E-state index contributed by atoms with van der Waals surface area (Å²) in [5.41, 5.74) is 0.620. The van der Waals surface area contributed by atoms with Gasteiger partial charge >= 0.3 is 6.18 Å². The van der Waals surface area contributed by atoms with Gasteiger partial charge in [0, 0.05) is 18.7 Å². The van der Waals surface area contributed by atoms with E-state index in [-0.39, 0.29) is 40.0 Å². The average Bonchev–Trinajstić information content (AvgIpc) is 2.68. The maximum Gasteiger partial charge on any atom is 0.422 e. The van der Waals surface area contributed by atoms with Crippen molar-refractivity contribution in [3.63, 3.8) is 0 Å². The Balaban J connectivity index is 2.36. The zero-order valence-corrected chi connectivity index (χ0v) is 18.7. The van der Waals surface area contributed by atoms with E-state index < -0.39 is 28.7 Å². The number of sulfonamides is 1. The highest BCUT2D eigenvalue weighted by molar-refractivity contribution is 7.89. The molecule has 0 atom stereocenters. The SMILES string of the molecule is CCN(CC)S(=O)(=O)c1cc(C(=O)Nc2ccc(C)cc2OCC(F)(F)F)ccc1Cl. The molecule has 0 radical (unpaired) electrons. The fourth-order valence-electron chi connectivity index (χ4n) is 2.75. The van der Waals surface area contributed by atoms with Crippen molar-refractivity contribution in [3.05, 3.63) is 52.5 Å². The van der Waals surface area contributed by atoms with Gasteiger partial charge in [0.1, 0.15) is 10.6 Å². The molecule has 2 rings (SSSR count). The van der Waals surface area contributed by atoms with Crippen LogP contribution in [0.5, 0.6) is 5.75 Å². The predicted octanol–water partition coefficient (Wildman–Crippen LogP) is 4.87. The zero-order chi connectivity index (χ0) is 23.4. The minimum absolute atomic E-state index is 0.0166. The molecule has 2 aromatic rings. The van der Waals surface area contributed by atoms with Crippen LogP contribution in [0.15, 0.2) is 41.3 Å². The molecule has 11 heteroatoms. The lowest BCUT2D eigenvalue weighted by Crippen LogP contribution is -2.31. The number of ether oxygens (including phenoxy) is 1. The number of alkyl halides is 3. The number of hydrogen-bond donors (Lipinski definition) is 1. The number of carbonyl (C=O) groups excluding carboxylic acids is 1. The van der Waals surface area contributed by atoms with Crippen molar-refractivity contribution < 1.29 is 31.1 Å². The Kier molecular flexibility index (Phi) is 7.96. The molecule has 0 heterocycles. The lowest BCUT2D eigenvalue weighted by atomic mass is 10.1. The molecule has 1 N–H and O–H groups in total. The van der Waals surface area contributed by atoms with Crippen LogP contribution in [0.2, 0.25) is 5.02 Å². The number of nitrogens with zero attached hydrogens (tertiary/aromatic N) is 1. The normalized spacial score (nSPS) is 12.1. The molecule has 0 aromatic heterocycles. The molecule has 0 bridgehead atoms. The maximum atomic E-state index is 12.8. The molecule has 1 amide bonds. The van der Waals surface area contributed by atoms with Crippen molar-refractivity contribution in [2.75, 3.05) is 25.0 Å². The monoisotopic (exact) mass is 478 g/mol. The number of carbonyl (C=O) groups is 1. The largest absolute Gasteiger partial charge is 0.482 e. The van der Waals surface area contributed by atoms with Crippen molar-refractivity contribution in [1.29, 1.82) is 0 Å². The van der Waals surface area contributed by atoms with E-state index in [0.717, 1.165) is 6.07 Å². The van der Waals surface area contributed by atoms with E-state index in [1.807, 2.05) is 0 Å². The van der Waals surface area contributed by atoms with Crippen molar-refractivity contribution >= 4 is 33.2 Å². The molecular weight excluding hydrogens is 457 g/mol. The summed E-state index contributed by atoms with van der Waals surface area (Å²) in [6, 6.07) is 8.10. The van der Waals surface area contributed by atoms with Crippen LogP contribution in [0.25, 0.3) is 0 Å². The molecule has 0 aliphatic heterocycles. The van der Waals surface area contributed by atoms with Gasteiger partial charge in [-0.25, -0.2) is 8.42 Å². The second-order valence-corrected chi connectivity index (χ2v) is 8.91. The van der Waals surface area contributed by atoms with Crippen LogP contribution < -0.4 is 10.1 Å². The Bertz CT molecular complexity index is 1050. The predicted molar refractivity (Wildman–Crippen MR) is 112 cm³/mol. The molecule has 0 aliphatic rings. The number of anilines is 1. The smallest absolute Gasteiger partial charge is 0.422 e. The molecule has 170 valence electrons. The Hall–Kier alpha value is -2.30.